The summed E-state index contributed by atoms with van der Waals surface area (Å²) in [5.41, 5.74) is 0.676. The molecule has 0 saturated carbocycles. The van der Waals surface area contributed by atoms with E-state index in [9.17, 15) is 13.6 Å². The van der Waals surface area contributed by atoms with Crippen LogP contribution in [0.4, 0.5) is 8.78 Å². The zero-order valence-electron chi connectivity index (χ0n) is 13.3. The molecule has 2 aromatic rings. The predicted molar refractivity (Wildman–Crippen MR) is 83.4 cm³/mol. The SMILES string of the molecule is CCn1cc([C@@H]2OCC[C@H]2CNC(=O)c2cccc(F)c2F)cn1. The van der Waals surface area contributed by atoms with E-state index in [-0.39, 0.29) is 17.6 Å². The lowest BCUT2D eigenvalue weighted by atomic mass is 9.97. The first-order chi connectivity index (χ1) is 11.6. The number of rotatable bonds is 5. The summed E-state index contributed by atoms with van der Waals surface area (Å²) in [4.78, 5) is 12.1. The van der Waals surface area contributed by atoms with E-state index < -0.39 is 17.5 Å². The highest BCUT2D eigenvalue weighted by molar-refractivity contribution is 5.94. The minimum absolute atomic E-state index is 0.0695. The average molecular weight is 335 g/mol. The smallest absolute Gasteiger partial charge is 0.254 e. The van der Waals surface area contributed by atoms with E-state index in [1.165, 1.54) is 12.1 Å². The Morgan fingerprint density at radius 1 is 1.46 bits per heavy atom. The number of ether oxygens (including phenoxy) is 1. The monoisotopic (exact) mass is 335 g/mol. The molecule has 2 atom stereocenters. The minimum atomic E-state index is -1.13. The van der Waals surface area contributed by atoms with Gasteiger partial charge in [-0.05, 0) is 25.5 Å². The summed E-state index contributed by atoms with van der Waals surface area (Å²) >= 11 is 0. The van der Waals surface area contributed by atoms with E-state index in [0.29, 0.717) is 13.2 Å². The molecule has 5 nitrogen and oxygen atoms in total. The molecule has 0 spiro atoms. The molecule has 1 aromatic carbocycles. The van der Waals surface area contributed by atoms with Crippen molar-refractivity contribution in [3.8, 4) is 0 Å². The van der Waals surface area contributed by atoms with Crippen LogP contribution in [-0.4, -0.2) is 28.8 Å². The summed E-state index contributed by atoms with van der Waals surface area (Å²) in [5.74, 6) is -2.71. The highest BCUT2D eigenvalue weighted by atomic mass is 19.2. The molecule has 1 aliphatic heterocycles. The molecular formula is C17H19F2N3O2. The fourth-order valence-corrected chi connectivity index (χ4v) is 2.91. The average Bonchev–Trinajstić information content (AvgIpc) is 3.23. The largest absolute Gasteiger partial charge is 0.373 e. The molecule has 24 heavy (non-hydrogen) atoms. The number of nitrogens with one attached hydrogen (secondary N) is 1. The summed E-state index contributed by atoms with van der Waals surface area (Å²) in [6.45, 7) is 3.69. The van der Waals surface area contributed by atoms with Crippen molar-refractivity contribution in [3.05, 3.63) is 53.4 Å². The van der Waals surface area contributed by atoms with Gasteiger partial charge < -0.3 is 10.1 Å². The lowest BCUT2D eigenvalue weighted by Crippen LogP contribution is -2.31. The second-order valence-electron chi connectivity index (χ2n) is 5.78. The quantitative estimate of drug-likeness (QED) is 0.914. The lowest BCUT2D eigenvalue weighted by molar-refractivity contribution is 0.0843. The molecule has 1 aliphatic rings. The van der Waals surface area contributed by atoms with E-state index in [1.807, 2.05) is 17.8 Å². The zero-order chi connectivity index (χ0) is 17.1. The fraction of sp³-hybridized carbons (Fsp3) is 0.412. The molecule has 1 fully saturated rings. The molecule has 2 heterocycles. The van der Waals surface area contributed by atoms with Gasteiger partial charge in [0.1, 0.15) is 0 Å². The number of halogens is 2. The van der Waals surface area contributed by atoms with Crippen LogP contribution in [0.2, 0.25) is 0 Å². The van der Waals surface area contributed by atoms with Crippen LogP contribution in [0.1, 0.15) is 35.4 Å². The minimum Gasteiger partial charge on any atom is -0.373 e. The van der Waals surface area contributed by atoms with Gasteiger partial charge in [-0.1, -0.05) is 6.07 Å². The van der Waals surface area contributed by atoms with E-state index in [1.54, 1.807) is 6.20 Å². The summed E-state index contributed by atoms with van der Waals surface area (Å²) in [7, 11) is 0. The van der Waals surface area contributed by atoms with Crippen LogP contribution < -0.4 is 5.32 Å². The van der Waals surface area contributed by atoms with Gasteiger partial charge in [0.05, 0.1) is 17.9 Å². The second kappa shape index (κ2) is 7.09. The van der Waals surface area contributed by atoms with Crippen molar-refractivity contribution in [1.29, 1.82) is 0 Å². The summed E-state index contributed by atoms with van der Waals surface area (Å²) in [6.07, 6.45) is 4.33. The Kier molecular flexibility index (Phi) is 4.89. The topological polar surface area (TPSA) is 56.1 Å². The Morgan fingerprint density at radius 2 is 2.29 bits per heavy atom. The third-order valence-electron chi connectivity index (χ3n) is 4.24. The Hall–Kier alpha value is -2.28. The number of hydrogen-bond donors (Lipinski definition) is 1. The highest BCUT2D eigenvalue weighted by Crippen LogP contribution is 2.33. The van der Waals surface area contributed by atoms with E-state index in [4.69, 9.17) is 4.74 Å². The maximum Gasteiger partial charge on any atom is 0.254 e. The third kappa shape index (κ3) is 3.31. The van der Waals surface area contributed by atoms with Crippen molar-refractivity contribution in [1.82, 2.24) is 15.1 Å². The third-order valence-corrected chi connectivity index (χ3v) is 4.24. The Balaban J connectivity index is 1.65. The molecule has 7 heteroatoms. The van der Waals surface area contributed by atoms with Gasteiger partial charge in [-0.2, -0.15) is 5.10 Å². The van der Waals surface area contributed by atoms with Crippen LogP contribution in [0.25, 0.3) is 0 Å². The maximum atomic E-state index is 13.7. The first-order valence-electron chi connectivity index (χ1n) is 7.96. The standard InChI is InChI=1S/C17H19F2N3O2/c1-2-22-10-12(9-21-22)16-11(6-7-24-16)8-20-17(23)13-4-3-5-14(18)15(13)19/h3-5,9-11,16H,2,6-8H2,1H3,(H,20,23)/t11-,16+/m0/s1. The van der Waals surface area contributed by atoms with Gasteiger partial charge >= 0.3 is 0 Å². The van der Waals surface area contributed by atoms with E-state index >= 15 is 0 Å². The predicted octanol–water partition coefficient (Wildman–Crippen LogP) is 2.69. The first kappa shape index (κ1) is 16.6. The van der Waals surface area contributed by atoms with Crippen LogP contribution >= 0.6 is 0 Å². The Bertz CT molecular complexity index is 732. The number of hydrogen-bond acceptors (Lipinski definition) is 3. The first-order valence-corrected chi connectivity index (χ1v) is 7.96. The van der Waals surface area contributed by atoms with Gasteiger partial charge in [-0.15, -0.1) is 0 Å². The summed E-state index contributed by atoms with van der Waals surface area (Å²) in [6, 6.07) is 3.56. The molecule has 0 unspecified atom stereocenters. The van der Waals surface area contributed by atoms with Crippen LogP contribution in [-0.2, 0) is 11.3 Å². The Morgan fingerprint density at radius 3 is 3.04 bits per heavy atom. The van der Waals surface area contributed by atoms with Crippen molar-refractivity contribution in [2.24, 2.45) is 5.92 Å². The number of aromatic nitrogens is 2. The molecule has 0 bridgehead atoms. The molecule has 3 rings (SSSR count). The van der Waals surface area contributed by atoms with Crippen LogP contribution in [0.5, 0.6) is 0 Å². The van der Waals surface area contributed by atoms with Crippen LogP contribution in [0.15, 0.2) is 30.6 Å². The zero-order valence-corrected chi connectivity index (χ0v) is 13.3. The number of aryl methyl sites for hydroxylation is 1. The second-order valence-corrected chi connectivity index (χ2v) is 5.78. The molecule has 1 amide bonds. The highest BCUT2D eigenvalue weighted by Gasteiger charge is 2.31. The van der Waals surface area contributed by atoms with Gasteiger partial charge in [-0.3, -0.25) is 9.48 Å². The number of carbonyl (C=O) groups is 1. The van der Waals surface area contributed by atoms with Crippen LogP contribution in [0.3, 0.4) is 0 Å². The summed E-state index contributed by atoms with van der Waals surface area (Å²) < 4.78 is 34.4. The van der Waals surface area contributed by atoms with Gasteiger partial charge in [-0.25, -0.2) is 8.78 Å². The molecule has 0 aliphatic carbocycles. The van der Waals surface area contributed by atoms with E-state index in [2.05, 4.69) is 10.4 Å². The number of nitrogens with zero attached hydrogens (tertiary/aromatic N) is 2. The molecular weight excluding hydrogens is 316 g/mol. The lowest BCUT2D eigenvalue weighted by Gasteiger charge is -2.18. The number of benzene rings is 1. The number of carbonyl (C=O) groups excluding carboxylic acids is 1. The fourth-order valence-electron chi connectivity index (χ4n) is 2.91. The normalized spacial score (nSPS) is 20.3. The van der Waals surface area contributed by atoms with Gasteiger partial charge in [0.2, 0.25) is 0 Å². The summed E-state index contributed by atoms with van der Waals surface area (Å²) in [5, 5.41) is 6.91. The van der Waals surface area contributed by atoms with Crippen molar-refractivity contribution in [2.45, 2.75) is 26.0 Å². The van der Waals surface area contributed by atoms with Crippen molar-refractivity contribution in [3.63, 3.8) is 0 Å². The van der Waals surface area contributed by atoms with Crippen molar-refractivity contribution >= 4 is 5.91 Å². The van der Waals surface area contributed by atoms with E-state index in [0.717, 1.165) is 24.6 Å². The maximum absolute atomic E-state index is 13.7. The van der Waals surface area contributed by atoms with Crippen molar-refractivity contribution in [2.75, 3.05) is 13.2 Å². The number of amides is 1. The van der Waals surface area contributed by atoms with Gasteiger partial charge in [0.15, 0.2) is 11.6 Å². The Labute approximate surface area is 138 Å². The molecule has 1 aromatic heterocycles. The molecule has 0 radical (unpaired) electrons. The molecule has 128 valence electrons. The van der Waals surface area contributed by atoms with Crippen LogP contribution in [0, 0.1) is 17.6 Å². The molecule has 1 saturated heterocycles. The van der Waals surface area contributed by atoms with Crippen molar-refractivity contribution < 1.29 is 18.3 Å². The molecule has 1 N–H and O–H groups in total. The van der Waals surface area contributed by atoms with Gasteiger partial charge in [0, 0.05) is 37.4 Å². The van der Waals surface area contributed by atoms with Gasteiger partial charge in [0.25, 0.3) is 5.91 Å².